The molecule has 0 atom stereocenters. The van der Waals surface area contributed by atoms with Crippen molar-refractivity contribution in [3.63, 3.8) is 0 Å². The number of hydrogen-bond acceptors (Lipinski definition) is 3. The minimum atomic E-state index is -1.23. The Bertz CT molecular complexity index is 988. The summed E-state index contributed by atoms with van der Waals surface area (Å²) in [6, 6.07) is 6.91. The van der Waals surface area contributed by atoms with Crippen LogP contribution in [0.5, 0.6) is 0 Å². The number of carboxylic acid groups (broad SMARTS) is 1. The van der Waals surface area contributed by atoms with Crippen LogP contribution in [0.1, 0.15) is 83.6 Å². The van der Waals surface area contributed by atoms with E-state index < -0.39 is 11.8 Å². The second-order valence-electron chi connectivity index (χ2n) is 9.02. The largest absolute Gasteiger partial charge is 0.478 e. The van der Waals surface area contributed by atoms with Gasteiger partial charge in [0, 0.05) is 17.2 Å². The summed E-state index contributed by atoms with van der Waals surface area (Å²) in [5, 5.41) is 12.2. The van der Waals surface area contributed by atoms with Gasteiger partial charge in [0.05, 0.1) is 5.56 Å². The van der Waals surface area contributed by atoms with Gasteiger partial charge in [0.2, 0.25) is 0 Å². The first-order chi connectivity index (χ1) is 14.5. The molecule has 0 aromatic heterocycles. The second-order valence-corrected chi connectivity index (χ2v) is 9.02. The van der Waals surface area contributed by atoms with Crippen LogP contribution in [0.15, 0.2) is 30.3 Å². The zero-order chi connectivity index (χ0) is 23.3. The van der Waals surface area contributed by atoms with E-state index in [9.17, 15) is 23.9 Å². The molecule has 1 aliphatic carbocycles. The summed E-state index contributed by atoms with van der Waals surface area (Å²) in [6.07, 6.45) is 3.63. The van der Waals surface area contributed by atoms with Crippen molar-refractivity contribution in [2.75, 3.05) is 0 Å². The molecule has 5 nitrogen and oxygen atoms in total. The third-order valence-corrected chi connectivity index (χ3v) is 5.28. The first kappa shape index (κ1) is 24.3. The van der Waals surface area contributed by atoms with Gasteiger partial charge in [-0.25, -0.2) is 9.18 Å². The Kier molecular flexibility index (Phi) is 7.71. The van der Waals surface area contributed by atoms with Crippen LogP contribution in [-0.4, -0.2) is 29.3 Å². The molecular weight excluding hydrogens is 397 g/mol. The van der Waals surface area contributed by atoms with Gasteiger partial charge in [-0.1, -0.05) is 46.2 Å². The Morgan fingerprint density at radius 2 is 1.77 bits per heavy atom. The summed E-state index contributed by atoms with van der Waals surface area (Å²) >= 11 is 0. The van der Waals surface area contributed by atoms with Gasteiger partial charge in [-0.3, -0.25) is 9.59 Å². The van der Waals surface area contributed by atoms with E-state index in [-0.39, 0.29) is 39.8 Å². The first-order valence-electron chi connectivity index (χ1n) is 10.4. The number of aldehydes is 1. The fraction of sp³-hybridized carbons (Fsp3) is 0.400. The van der Waals surface area contributed by atoms with E-state index in [4.69, 9.17) is 0 Å². The highest BCUT2D eigenvalue weighted by molar-refractivity contribution is 6.00. The summed E-state index contributed by atoms with van der Waals surface area (Å²) in [7, 11) is 0. The quantitative estimate of drug-likeness (QED) is 0.604. The van der Waals surface area contributed by atoms with Gasteiger partial charge in [0.1, 0.15) is 12.1 Å². The summed E-state index contributed by atoms with van der Waals surface area (Å²) in [5.41, 5.74) is 1.59. The van der Waals surface area contributed by atoms with Crippen molar-refractivity contribution >= 4 is 18.2 Å². The third-order valence-electron chi connectivity index (χ3n) is 5.28. The van der Waals surface area contributed by atoms with Gasteiger partial charge in [0.25, 0.3) is 5.91 Å². The smallest absolute Gasteiger partial charge is 0.336 e. The molecule has 3 rings (SSSR count). The van der Waals surface area contributed by atoms with Gasteiger partial charge in [-0.15, -0.1) is 0 Å². The number of carbonyl (C=O) groups is 3. The van der Waals surface area contributed by atoms with Crippen LogP contribution in [0.25, 0.3) is 11.1 Å². The number of hydrogen-bond donors (Lipinski definition) is 2. The standard InChI is InChI=1S/C19H16FNO4.C6H14/c1-10-15(14-5-2-11(9-22)6-16(14)19(24)25)7-12(8-17(10)20)18(23)21-13-3-4-13;1-5-6(2,3)4/h2,5-9,13H,3-4H2,1H3,(H,21,23)(H,24,25);5H2,1-4H3. The molecule has 0 radical (unpaired) electrons. The van der Waals surface area contributed by atoms with E-state index in [0.29, 0.717) is 17.3 Å². The predicted molar refractivity (Wildman–Crippen MR) is 119 cm³/mol. The van der Waals surface area contributed by atoms with E-state index in [1.807, 2.05) is 0 Å². The van der Waals surface area contributed by atoms with Gasteiger partial charge >= 0.3 is 5.97 Å². The highest BCUT2D eigenvalue weighted by Crippen LogP contribution is 2.31. The SMILES string of the molecule is CCC(C)(C)C.Cc1c(F)cc(C(=O)NC2CC2)cc1-c1ccc(C=O)cc1C(=O)O. The monoisotopic (exact) mass is 427 g/mol. The molecule has 2 N–H and O–H groups in total. The van der Waals surface area contributed by atoms with Crippen molar-refractivity contribution in [1.82, 2.24) is 5.32 Å². The molecule has 0 heterocycles. The van der Waals surface area contributed by atoms with Crippen LogP contribution in [0.2, 0.25) is 0 Å². The minimum absolute atomic E-state index is 0.119. The number of benzene rings is 2. The van der Waals surface area contributed by atoms with Crippen molar-refractivity contribution in [3.05, 3.63) is 58.4 Å². The van der Waals surface area contributed by atoms with Crippen molar-refractivity contribution in [1.29, 1.82) is 0 Å². The van der Waals surface area contributed by atoms with Crippen LogP contribution in [0, 0.1) is 18.2 Å². The van der Waals surface area contributed by atoms with E-state index in [2.05, 4.69) is 33.0 Å². The molecule has 0 unspecified atom stereocenters. The van der Waals surface area contributed by atoms with E-state index in [0.717, 1.165) is 18.9 Å². The number of carbonyl (C=O) groups excluding carboxylic acids is 2. The minimum Gasteiger partial charge on any atom is -0.478 e. The average molecular weight is 428 g/mol. The Labute approximate surface area is 182 Å². The maximum atomic E-state index is 14.3. The molecular formula is C25H30FNO4. The van der Waals surface area contributed by atoms with E-state index in [1.165, 1.54) is 37.6 Å². The lowest BCUT2D eigenvalue weighted by Crippen LogP contribution is -2.25. The van der Waals surface area contributed by atoms with Crippen LogP contribution in [0.3, 0.4) is 0 Å². The summed E-state index contributed by atoms with van der Waals surface area (Å²) < 4.78 is 14.3. The molecule has 1 saturated carbocycles. The van der Waals surface area contributed by atoms with Crippen LogP contribution in [0.4, 0.5) is 4.39 Å². The molecule has 166 valence electrons. The Morgan fingerprint density at radius 3 is 2.26 bits per heavy atom. The van der Waals surface area contributed by atoms with Crippen molar-refractivity contribution in [2.45, 2.75) is 59.9 Å². The molecule has 0 aliphatic heterocycles. The molecule has 2 aromatic rings. The number of amides is 1. The topological polar surface area (TPSA) is 83.5 Å². The predicted octanol–water partition coefficient (Wildman–Crippen LogP) is 5.65. The van der Waals surface area contributed by atoms with Gasteiger partial charge in [0.15, 0.2) is 0 Å². The molecule has 1 amide bonds. The second kappa shape index (κ2) is 9.86. The van der Waals surface area contributed by atoms with E-state index in [1.54, 1.807) is 0 Å². The maximum absolute atomic E-state index is 14.3. The maximum Gasteiger partial charge on any atom is 0.336 e. The van der Waals surface area contributed by atoms with Gasteiger partial charge in [-0.05, 0) is 60.1 Å². The Hall–Kier alpha value is -3.02. The Balaban J connectivity index is 0.000000501. The number of carboxylic acids is 1. The zero-order valence-corrected chi connectivity index (χ0v) is 18.7. The lowest BCUT2D eigenvalue weighted by Gasteiger charge is -2.13. The third kappa shape index (κ3) is 6.74. The first-order valence-corrected chi connectivity index (χ1v) is 10.4. The Morgan fingerprint density at radius 1 is 1.16 bits per heavy atom. The van der Waals surface area contributed by atoms with Gasteiger partial charge < -0.3 is 10.4 Å². The van der Waals surface area contributed by atoms with E-state index >= 15 is 0 Å². The molecule has 1 fully saturated rings. The fourth-order valence-corrected chi connectivity index (χ4v) is 2.63. The number of rotatable bonds is 5. The number of nitrogens with one attached hydrogen (secondary N) is 1. The molecule has 0 spiro atoms. The molecule has 2 aromatic carbocycles. The molecule has 6 heteroatoms. The van der Waals surface area contributed by atoms with Crippen LogP contribution in [-0.2, 0) is 0 Å². The molecule has 1 aliphatic rings. The summed E-state index contributed by atoms with van der Waals surface area (Å²) in [5.74, 6) is -2.20. The normalized spacial score (nSPS) is 13.1. The number of aromatic carboxylic acids is 1. The van der Waals surface area contributed by atoms with Crippen LogP contribution >= 0.6 is 0 Å². The van der Waals surface area contributed by atoms with Crippen molar-refractivity contribution in [2.24, 2.45) is 5.41 Å². The van der Waals surface area contributed by atoms with Gasteiger partial charge in [-0.2, -0.15) is 0 Å². The molecule has 0 saturated heterocycles. The number of halogens is 1. The van der Waals surface area contributed by atoms with Crippen molar-refractivity contribution < 1.29 is 23.9 Å². The lowest BCUT2D eigenvalue weighted by molar-refractivity contribution is 0.0697. The lowest BCUT2D eigenvalue weighted by atomic mass is 9.92. The molecule has 0 bridgehead atoms. The average Bonchev–Trinajstić information content (AvgIpc) is 3.53. The molecule has 31 heavy (non-hydrogen) atoms. The summed E-state index contributed by atoms with van der Waals surface area (Å²) in [4.78, 5) is 34.7. The summed E-state index contributed by atoms with van der Waals surface area (Å²) in [6.45, 7) is 10.5. The fourth-order valence-electron chi connectivity index (χ4n) is 2.63. The zero-order valence-electron chi connectivity index (χ0n) is 18.7. The van der Waals surface area contributed by atoms with Crippen molar-refractivity contribution in [3.8, 4) is 11.1 Å². The highest BCUT2D eigenvalue weighted by atomic mass is 19.1. The van der Waals surface area contributed by atoms with Crippen LogP contribution < -0.4 is 5.32 Å². The highest BCUT2D eigenvalue weighted by Gasteiger charge is 2.25.